The molecule has 4 rings (SSSR count). The summed E-state index contributed by atoms with van der Waals surface area (Å²) < 4.78 is 0. The predicted octanol–water partition coefficient (Wildman–Crippen LogP) is 3.01. The van der Waals surface area contributed by atoms with Gasteiger partial charge >= 0.3 is 0 Å². The van der Waals surface area contributed by atoms with E-state index in [-0.39, 0.29) is 6.10 Å². The molecule has 2 saturated heterocycles. The van der Waals surface area contributed by atoms with Crippen LogP contribution in [0.5, 0.6) is 0 Å². The third-order valence-corrected chi connectivity index (χ3v) is 6.25. The Morgan fingerprint density at radius 3 is 2.27 bits per heavy atom. The van der Waals surface area contributed by atoms with Crippen LogP contribution in [0.1, 0.15) is 25.7 Å². The van der Waals surface area contributed by atoms with Crippen LogP contribution >= 0.6 is 11.6 Å². The molecule has 0 amide bonds. The van der Waals surface area contributed by atoms with Crippen LogP contribution in [0.25, 0.3) is 0 Å². The molecule has 3 nitrogen and oxygen atoms in total. The van der Waals surface area contributed by atoms with E-state index in [0.717, 1.165) is 48.8 Å². The highest BCUT2D eigenvalue weighted by Crippen LogP contribution is 2.40. The van der Waals surface area contributed by atoms with Crippen molar-refractivity contribution >= 4 is 17.3 Å². The van der Waals surface area contributed by atoms with Crippen molar-refractivity contribution in [1.29, 1.82) is 0 Å². The molecule has 3 atom stereocenters. The maximum atomic E-state index is 9.78. The van der Waals surface area contributed by atoms with E-state index in [4.69, 9.17) is 11.6 Å². The van der Waals surface area contributed by atoms with Gasteiger partial charge in [-0.3, -0.25) is 4.90 Å². The van der Waals surface area contributed by atoms with Crippen molar-refractivity contribution < 1.29 is 5.11 Å². The zero-order chi connectivity index (χ0) is 15.1. The molecule has 1 unspecified atom stereocenters. The maximum absolute atomic E-state index is 9.78. The molecule has 0 bridgehead atoms. The lowest BCUT2D eigenvalue weighted by Crippen LogP contribution is -2.44. The fourth-order valence-corrected chi connectivity index (χ4v) is 5.04. The van der Waals surface area contributed by atoms with Crippen LogP contribution in [0, 0.1) is 11.8 Å². The van der Waals surface area contributed by atoms with Crippen molar-refractivity contribution in [1.82, 2.24) is 4.90 Å². The molecule has 0 aromatic heterocycles. The molecule has 4 heteroatoms. The first-order valence-electron chi connectivity index (χ1n) is 8.62. The molecule has 2 aliphatic heterocycles. The first-order valence-corrected chi connectivity index (χ1v) is 9.00. The minimum absolute atomic E-state index is 0.0285. The number of anilines is 1. The number of halogens is 1. The van der Waals surface area contributed by atoms with Crippen LogP contribution in [-0.2, 0) is 0 Å². The molecule has 1 aliphatic carbocycles. The summed E-state index contributed by atoms with van der Waals surface area (Å²) in [5.41, 5.74) is 1.18. The first-order chi connectivity index (χ1) is 10.7. The minimum atomic E-state index is -0.0285. The third-order valence-electron chi connectivity index (χ3n) is 5.93. The van der Waals surface area contributed by atoms with Gasteiger partial charge < -0.3 is 10.0 Å². The van der Waals surface area contributed by atoms with Gasteiger partial charge in [0.1, 0.15) is 0 Å². The summed E-state index contributed by atoms with van der Waals surface area (Å²) in [6.45, 7) is 4.61. The van der Waals surface area contributed by atoms with Gasteiger partial charge in [-0.1, -0.05) is 23.7 Å². The van der Waals surface area contributed by atoms with E-state index in [1.165, 1.54) is 31.6 Å². The van der Waals surface area contributed by atoms with Gasteiger partial charge in [-0.25, -0.2) is 0 Å². The zero-order valence-corrected chi connectivity index (χ0v) is 13.8. The van der Waals surface area contributed by atoms with Gasteiger partial charge in [0.25, 0.3) is 0 Å². The van der Waals surface area contributed by atoms with Gasteiger partial charge in [0.2, 0.25) is 0 Å². The number of aliphatic hydroxyl groups excluding tert-OH is 1. The van der Waals surface area contributed by atoms with Crippen molar-refractivity contribution in [2.45, 2.75) is 37.8 Å². The Bertz CT molecular complexity index is 516. The summed E-state index contributed by atoms with van der Waals surface area (Å²) in [4.78, 5) is 5.13. The number of piperidine rings is 1. The number of rotatable bonds is 2. The summed E-state index contributed by atoms with van der Waals surface area (Å²) in [6.07, 6.45) is 4.49. The van der Waals surface area contributed by atoms with Gasteiger partial charge in [0.05, 0.1) is 16.8 Å². The van der Waals surface area contributed by atoms with E-state index in [1.54, 1.807) is 0 Å². The fourth-order valence-electron chi connectivity index (χ4n) is 4.78. The molecule has 22 heavy (non-hydrogen) atoms. The fraction of sp³-hybridized carbons (Fsp3) is 0.667. The van der Waals surface area contributed by atoms with E-state index in [0.29, 0.717) is 0 Å². The monoisotopic (exact) mass is 320 g/mol. The Kier molecular flexibility index (Phi) is 4.05. The van der Waals surface area contributed by atoms with Crippen molar-refractivity contribution in [3.05, 3.63) is 29.3 Å². The number of likely N-dealkylation sites (tertiary alicyclic amines) is 1. The smallest absolute Gasteiger partial charge is 0.0639 e. The van der Waals surface area contributed by atoms with Crippen molar-refractivity contribution in [3.63, 3.8) is 0 Å². The quantitative estimate of drug-likeness (QED) is 0.907. The van der Waals surface area contributed by atoms with E-state index in [2.05, 4.69) is 21.9 Å². The lowest BCUT2D eigenvalue weighted by Gasteiger charge is -2.38. The number of benzene rings is 1. The normalized spacial score (nSPS) is 33.4. The average molecular weight is 321 g/mol. The van der Waals surface area contributed by atoms with Gasteiger partial charge in [0, 0.05) is 32.2 Å². The second kappa shape index (κ2) is 6.03. The molecular formula is C18H25ClN2O. The molecule has 1 N–H and O–H groups in total. The molecule has 1 aromatic carbocycles. The second-order valence-corrected chi connectivity index (χ2v) is 7.68. The number of aliphatic hydroxyl groups is 1. The summed E-state index contributed by atoms with van der Waals surface area (Å²) in [7, 11) is 0. The molecule has 0 spiro atoms. The highest BCUT2D eigenvalue weighted by atomic mass is 35.5. The number of nitrogens with zero attached hydrogens (tertiary/aromatic N) is 2. The van der Waals surface area contributed by atoms with Crippen molar-refractivity contribution in [2.75, 3.05) is 31.1 Å². The topological polar surface area (TPSA) is 26.7 Å². The van der Waals surface area contributed by atoms with Crippen LogP contribution in [0.2, 0.25) is 5.02 Å². The van der Waals surface area contributed by atoms with Crippen LogP contribution in [0.4, 0.5) is 5.69 Å². The summed E-state index contributed by atoms with van der Waals surface area (Å²) >= 11 is 6.32. The Balaban J connectivity index is 1.34. The molecular weight excluding hydrogens is 296 g/mol. The molecule has 0 radical (unpaired) electrons. The zero-order valence-electron chi connectivity index (χ0n) is 13.0. The summed E-state index contributed by atoms with van der Waals surface area (Å²) in [5, 5.41) is 10.6. The molecule has 1 saturated carbocycles. The standard InChI is InChI=1S/C18H25ClN2O/c19-17-3-1-2-4-18(17)20-7-5-15(6-8-20)21-11-13-9-16(22)10-14(13)12-21/h1-4,13-16,22H,5-12H2/t13-,14+,16?. The Labute approximate surface area is 137 Å². The largest absolute Gasteiger partial charge is 0.393 e. The molecule has 2 heterocycles. The van der Waals surface area contributed by atoms with Crippen LogP contribution in [-0.4, -0.2) is 48.3 Å². The number of hydrogen-bond acceptors (Lipinski definition) is 3. The van der Waals surface area contributed by atoms with Gasteiger partial charge in [-0.2, -0.15) is 0 Å². The molecule has 1 aromatic rings. The van der Waals surface area contributed by atoms with Crippen LogP contribution < -0.4 is 4.90 Å². The molecule has 120 valence electrons. The SMILES string of the molecule is OC1C[C@@H]2CN(C3CCN(c4ccccc4Cl)CC3)C[C@@H]2C1. The summed E-state index contributed by atoms with van der Waals surface area (Å²) in [5.74, 6) is 1.49. The lowest BCUT2D eigenvalue weighted by atomic mass is 10.0. The minimum Gasteiger partial charge on any atom is -0.393 e. The van der Waals surface area contributed by atoms with E-state index in [9.17, 15) is 5.11 Å². The first kappa shape index (κ1) is 14.8. The van der Waals surface area contributed by atoms with E-state index >= 15 is 0 Å². The number of para-hydroxylation sites is 1. The van der Waals surface area contributed by atoms with Gasteiger partial charge in [-0.05, 0) is 49.7 Å². The van der Waals surface area contributed by atoms with E-state index < -0.39 is 0 Å². The average Bonchev–Trinajstić information content (AvgIpc) is 3.05. The van der Waals surface area contributed by atoms with Crippen LogP contribution in [0.15, 0.2) is 24.3 Å². The Morgan fingerprint density at radius 1 is 1.00 bits per heavy atom. The number of fused-ring (bicyclic) bond motifs is 1. The lowest BCUT2D eigenvalue weighted by molar-refractivity contribution is 0.144. The van der Waals surface area contributed by atoms with E-state index in [1.807, 2.05) is 12.1 Å². The van der Waals surface area contributed by atoms with Crippen molar-refractivity contribution in [3.8, 4) is 0 Å². The molecule has 3 aliphatic rings. The highest BCUT2D eigenvalue weighted by Gasteiger charge is 2.42. The van der Waals surface area contributed by atoms with Crippen molar-refractivity contribution in [2.24, 2.45) is 11.8 Å². The predicted molar refractivity (Wildman–Crippen MR) is 90.5 cm³/mol. The van der Waals surface area contributed by atoms with Gasteiger partial charge in [-0.15, -0.1) is 0 Å². The van der Waals surface area contributed by atoms with Crippen LogP contribution in [0.3, 0.4) is 0 Å². The highest BCUT2D eigenvalue weighted by molar-refractivity contribution is 6.33. The second-order valence-electron chi connectivity index (χ2n) is 7.27. The Hall–Kier alpha value is -0.770. The van der Waals surface area contributed by atoms with Gasteiger partial charge in [0.15, 0.2) is 0 Å². The Morgan fingerprint density at radius 2 is 1.64 bits per heavy atom. The third kappa shape index (κ3) is 2.75. The maximum Gasteiger partial charge on any atom is 0.0639 e. The molecule has 3 fully saturated rings. The summed E-state index contributed by atoms with van der Waals surface area (Å²) in [6, 6.07) is 8.90. The number of hydrogen-bond donors (Lipinski definition) is 1.